The molecule has 0 aromatic heterocycles. The molecule has 0 spiro atoms. The molecular weight excluding hydrogens is 112 g/mol. The van der Waals surface area contributed by atoms with E-state index in [9.17, 15) is 0 Å². The molecule has 54 valence electrons. The second-order valence-corrected chi connectivity index (χ2v) is 2.67. The Bertz CT molecular complexity index is 86.9. The zero-order chi connectivity index (χ0) is 7.28. The summed E-state index contributed by atoms with van der Waals surface area (Å²) in [7, 11) is 2.02. The lowest BCUT2D eigenvalue weighted by Gasteiger charge is -2.15. The molecule has 0 atom stereocenters. The molecule has 0 aliphatic carbocycles. The largest absolute Gasteiger partial charge is 0.403 e. The predicted octanol–water partition coefficient (Wildman–Crippen LogP) is 1.00. The number of nitrogens with zero attached hydrogens (tertiary/aromatic N) is 1. The molecule has 0 bridgehead atoms. The van der Waals surface area contributed by atoms with Gasteiger partial charge in [0.1, 0.15) is 0 Å². The van der Waals surface area contributed by atoms with E-state index >= 15 is 0 Å². The van der Waals surface area contributed by atoms with Crippen LogP contribution in [0.25, 0.3) is 0 Å². The SMILES string of the molecule is CC(C)CN(C)/C=C\N. The minimum absolute atomic E-state index is 0.700. The first kappa shape index (κ1) is 8.34. The lowest BCUT2D eigenvalue weighted by atomic mass is 10.2. The van der Waals surface area contributed by atoms with Crippen molar-refractivity contribution in [2.24, 2.45) is 11.7 Å². The summed E-state index contributed by atoms with van der Waals surface area (Å²) in [6.45, 7) is 5.43. The molecule has 0 amide bonds. The molecule has 0 unspecified atom stereocenters. The van der Waals surface area contributed by atoms with Crippen LogP contribution in [-0.2, 0) is 0 Å². The predicted molar refractivity (Wildman–Crippen MR) is 40.8 cm³/mol. The van der Waals surface area contributed by atoms with Gasteiger partial charge >= 0.3 is 0 Å². The van der Waals surface area contributed by atoms with Gasteiger partial charge in [-0.2, -0.15) is 0 Å². The summed E-state index contributed by atoms with van der Waals surface area (Å²) in [5, 5.41) is 0. The van der Waals surface area contributed by atoms with Gasteiger partial charge in [-0.05, 0) is 5.92 Å². The topological polar surface area (TPSA) is 29.3 Å². The summed E-state index contributed by atoms with van der Waals surface area (Å²) in [5.41, 5.74) is 5.18. The van der Waals surface area contributed by atoms with Crippen molar-refractivity contribution in [3.05, 3.63) is 12.4 Å². The summed E-state index contributed by atoms with van der Waals surface area (Å²) in [6.07, 6.45) is 3.43. The quantitative estimate of drug-likeness (QED) is 0.614. The fourth-order valence-electron chi connectivity index (χ4n) is 0.784. The number of hydrogen-bond donors (Lipinski definition) is 1. The van der Waals surface area contributed by atoms with E-state index < -0.39 is 0 Å². The Labute approximate surface area is 57.3 Å². The lowest BCUT2D eigenvalue weighted by Crippen LogP contribution is -2.17. The van der Waals surface area contributed by atoms with Crippen molar-refractivity contribution in [1.29, 1.82) is 0 Å². The van der Waals surface area contributed by atoms with Gasteiger partial charge in [0.2, 0.25) is 0 Å². The van der Waals surface area contributed by atoms with Gasteiger partial charge < -0.3 is 10.6 Å². The van der Waals surface area contributed by atoms with Crippen LogP contribution < -0.4 is 5.73 Å². The summed E-state index contributed by atoms with van der Waals surface area (Å²) < 4.78 is 0. The maximum atomic E-state index is 5.18. The second-order valence-electron chi connectivity index (χ2n) is 2.67. The minimum atomic E-state index is 0.700. The third kappa shape index (κ3) is 5.21. The molecule has 9 heavy (non-hydrogen) atoms. The number of nitrogens with two attached hydrogens (primary N) is 1. The van der Waals surface area contributed by atoms with Crippen LogP contribution in [-0.4, -0.2) is 18.5 Å². The molecule has 0 saturated carbocycles. The van der Waals surface area contributed by atoms with Crippen LogP contribution in [0.3, 0.4) is 0 Å². The van der Waals surface area contributed by atoms with Gasteiger partial charge in [-0.1, -0.05) is 13.8 Å². The van der Waals surface area contributed by atoms with Gasteiger partial charge in [0.25, 0.3) is 0 Å². The van der Waals surface area contributed by atoms with Gasteiger partial charge in [0.05, 0.1) is 0 Å². The Balaban J connectivity index is 3.38. The first-order valence-corrected chi connectivity index (χ1v) is 3.25. The molecule has 0 aromatic rings. The van der Waals surface area contributed by atoms with Gasteiger partial charge in [-0.15, -0.1) is 0 Å². The van der Waals surface area contributed by atoms with Crippen molar-refractivity contribution < 1.29 is 0 Å². The fourth-order valence-corrected chi connectivity index (χ4v) is 0.784. The Hall–Kier alpha value is -0.660. The highest BCUT2D eigenvalue weighted by Gasteiger charge is 1.93. The highest BCUT2D eigenvalue weighted by molar-refractivity contribution is 4.74. The van der Waals surface area contributed by atoms with E-state index in [0.717, 1.165) is 6.54 Å². The van der Waals surface area contributed by atoms with Crippen LogP contribution in [0, 0.1) is 5.92 Å². The summed E-state index contributed by atoms with van der Waals surface area (Å²) in [6, 6.07) is 0. The van der Waals surface area contributed by atoms with Crippen LogP contribution in [0.15, 0.2) is 12.4 Å². The van der Waals surface area contributed by atoms with Crippen molar-refractivity contribution in [2.45, 2.75) is 13.8 Å². The summed E-state index contributed by atoms with van der Waals surface area (Å²) >= 11 is 0. The molecule has 0 aliphatic rings. The van der Waals surface area contributed by atoms with E-state index in [1.807, 2.05) is 13.2 Å². The van der Waals surface area contributed by atoms with Crippen LogP contribution >= 0.6 is 0 Å². The Kier molecular flexibility index (Phi) is 3.93. The van der Waals surface area contributed by atoms with Gasteiger partial charge in [-0.25, -0.2) is 0 Å². The zero-order valence-corrected chi connectivity index (χ0v) is 6.46. The molecule has 0 aliphatic heterocycles. The van der Waals surface area contributed by atoms with Gasteiger partial charge in [-0.3, -0.25) is 0 Å². The Morgan fingerprint density at radius 2 is 2.11 bits per heavy atom. The third-order valence-corrected chi connectivity index (χ3v) is 0.994. The fraction of sp³-hybridized carbons (Fsp3) is 0.714. The van der Waals surface area contributed by atoms with Crippen LogP contribution in [0.5, 0.6) is 0 Å². The normalized spacial score (nSPS) is 11.1. The monoisotopic (exact) mass is 128 g/mol. The molecule has 2 heteroatoms. The molecule has 0 rings (SSSR count). The standard InChI is InChI=1S/C7H16N2/c1-7(2)6-9(3)5-4-8/h4-5,7H,6,8H2,1-3H3/b5-4-. The van der Waals surface area contributed by atoms with Gasteiger partial charge in [0, 0.05) is 26.0 Å². The first-order chi connectivity index (χ1) is 4.16. The highest BCUT2D eigenvalue weighted by atomic mass is 15.1. The lowest BCUT2D eigenvalue weighted by molar-refractivity contribution is 0.389. The molecule has 0 saturated heterocycles. The number of hydrogen-bond acceptors (Lipinski definition) is 2. The molecule has 2 N–H and O–H groups in total. The smallest absolute Gasteiger partial charge is 0.0192 e. The molecule has 0 aromatic carbocycles. The first-order valence-electron chi connectivity index (χ1n) is 3.25. The van der Waals surface area contributed by atoms with Crippen LogP contribution in [0.1, 0.15) is 13.8 Å². The van der Waals surface area contributed by atoms with Crippen molar-refractivity contribution in [2.75, 3.05) is 13.6 Å². The van der Waals surface area contributed by atoms with Crippen LogP contribution in [0.4, 0.5) is 0 Å². The molecule has 0 heterocycles. The van der Waals surface area contributed by atoms with E-state index in [-0.39, 0.29) is 0 Å². The van der Waals surface area contributed by atoms with Gasteiger partial charge in [0.15, 0.2) is 0 Å². The molecule has 2 nitrogen and oxygen atoms in total. The van der Waals surface area contributed by atoms with Crippen molar-refractivity contribution in [3.8, 4) is 0 Å². The maximum absolute atomic E-state index is 5.18. The third-order valence-electron chi connectivity index (χ3n) is 0.994. The Morgan fingerprint density at radius 1 is 1.56 bits per heavy atom. The van der Waals surface area contributed by atoms with E-state index in [1.54, 1.807) is 6.20 Å². The molecule has 0 fully saturated rings. The average Bonchev–Trinajstić information content (AvgIpc) is 1.63. The Morgan fingerprint density at radius 3 is 2.44 bits per heavy atom. The van der Waals surface area contributed by atoms with Crippen molar-refractivity contribution >= 4 is 0 Å². The average molecular weight is 128 g/mol. The van der Waals surface area contributed by atoms with Crippen LogP contribution in [0.2, 0.25) is 0 Å². The van der Waals surface area contributed by atoms with E-state index in [4.69, 9.17) is 5.73 Å². The highest BCUT2D eigenvalue weighted by Crippen LogP contribution is 1.94. The number of rotatable bonds is 3. The van der Waals surface area contributed by atoms with Crippen molar-refractivity contribution in [3.63, 3.8) is 0 Å². The maximum Gasteiger partial charge on any atom is 0.0192 e. The van der Waals surface area contributed by atoms with E-state index in [1.165, 1.54) is 0 Å². The second kappa shape index (κ2) is 4.24. The molecule has 0 radical (unpaired) electrons. The zero-order valence-electron chi connectivity index (χ0n) is 6.46. The summed E-state index contributed by atoms with van der Waals surface area (Å²) in [4.78, 5) is 2.07. The summed E-state index contributed by atoms with van der Waals surface area (Å²) in [5.74, 6) is 0.700. The molecular formula is C7H16N2. The van der Waals surface area contributed by atoms with E-state index in [2.05, 4.69) is 18.7 Å². The minimum Gasteiger partial charge on any atom is -0.403 e. The van der Waals surface area contributed by atoms with Crippen molar-refractivity contribution in [1.82, 2.24) is 4.90 Å². The van der Waals surface area contributed by atoms with E-state index in [0.29, 0.717) is 5.92 Å².